The van der Waals surface area contributed by atoms with E-state index in [1.807, 2.05) is 48.7 Å². The molecule has 0 saturated heterocycles. The fourth-order valence-electron chi connectivity index (χ4n) is 6.13. The van der Waals surface area contributed by atoms with Crippen molar-refractivity contribution in [1.82, 2.24) is 14.5 Å². The quantitative estimate of drug-likeness (QED) is 0.184. The molecule has 7 rings (SSSR count). The third kappa shape index (κ3) is 5.34. The van der Waals surface area contributed by atoms with Crippen molar-refractivity contribution < 1.29 is 26.2 Å². The Hall–Kier alpha value is -4.01. The third-order valence-electron chi connectivity index (χ3n) is 8.41. The molecule has 1 aliphatic carbocycles. The molecule has 1 aliphatic rings. The first-order valence-electron chi connectivity index (χ1n) is 14.8. The summed E-state index contributed by atoms with van der Waals surface area (Å²) in [5.74, 6) is 1.10. The predicted octanol–water partition coefficient (Wildman–Crippen LogP) is 9.10. The second kappa shape index (κ2) is 11.6. The molecule has 4 nitrogen and oxygen atoms in total. The first-order chi connectivity index (χ1) is 20.4. The number of para-hydroxylation sites is 2. The number of nitrogens with zero attached hydrogens (tertiary/aromatic N) is 3. The zero-order chi connectivity index (χ0) is 28.8. The number of hydrogen-bond donors (Lipinski definition) is 1. The second-order valence-corrected chi connectivity index (χ2v) is 12.2. The maximum absolute atomic E-state index is 11.6. The molecule has 2 heterocycles. The number of phenols is 1. The molecule has 0 bridgehead atoms. The summed E-state index contributed by atoms with van der Waals surface area (Å²) in [6, 6.07) is 35.0. The van der Waals surface area contributed by atoms with Crippen LogP contribution in [0.3, 0.4) is 0 Å². The van der Waals surface area contributed by atoms with Gasteiger partial charge in [0.05, 0.1) is 16.6 Å². The van der Waals surface area contributed by atoms with Crippen LogP contribution in [-0.2, 0) is 39.3 Å². The number of phenolic OH excluding ortho intramolecular Hbond substituents is 1. The Morgan fingerprint density at radius 2 is 1.56 bits per heavy atom. The van der Waals surface area contributed by atoms with Gasteiger partial charge < -0.3 is 5.11 Å². The summed E-state index contributed by atoms with van der Waals surface area (Å²) in [5.41, 5.74) is 10.9. The monoisotopic (exact) mass is 743 g/mol. The summed E-state index contributed by atoms with van der Waals surface area (Å²) in [6.07, 6.45) is 6.01. The zero-order valence-corrected chi connectivity index (χ0v) is 26.9. The molecule has 43 heavy (non-hydrogen) atoms. The number of pyridine rings is 1. The molecule has 218 valence electrons. The van der Waals surface area contributed by atoms with Gasteiger partial charge in [-0.2, -0.15) is 0 Å². The minimum atomic E-state index is -0.0647. The number of fused-ring (bicyclic) bond motifs is 2. The second-order valence-electron chi connectivity index (χ2n) is 12.2. The number of aromatic hydroxyl groups is 1. The molecule has 0 radical (unpaired) electrons. The predicted molar refractivity (Wildman–Crippen MR) is 171 cm³/mol. The van der Waals surface area contributed by atoms with Crippen molar-refractivity contribution in [2.45, 2.75) is 51.9 Å². The topological polar surface area (TPSA) is 50.9 Å². The molecule has 0 amide bonds. The first kappa shape index (κ1) is 29.1. The van der Waals surface area contributed by atoms with Gasteiger partial charge in [-0.25, -0.2) is 4.98 Å². The summed E-state index contributed by atoms with van der Waals surface area (Å²) in [5, 5.41) is 11.6. The van der Waals surface area contributed by atoms with Crippen molar-refractivity contribution in [3.63, 3.8) is 0 Å². The molecule has 1 N–H and O–H groups in total. The average Bonchev–Trinajstić information content (AvgIpc) is 3.41. The van der Waals surface area contributed by atoms with Gasteiger partial charge in [-0.15, -0.1) is 29.3 Å². The number of benzene rings is 4. The molecule has 0 aliphatic heterocycles. The molecule has 4 aromatic carbocycles. The van der Waals surface area contributed by atoms with Gasteiger partial charge >= 0.3 is 0 Å². The maximum atomic E-state index is 11.6. The van der Waals surface area contributed by atoms with Crippen LogP contribution in [0.1, 0.15) is 50.3 Å². The van der Waals surface area contributed by atoms with E-state index in [-0.39, 0.29) is 26.5 Å². The van der Waals surface area contributed by atoms with Crippen LogP contribution in [0.25, 0.3) is 50.5 Å². The van der Waals surface area contributed by atoms with Crippen LogP contribution in [0, 0.1) is 6.07 Å². The van der Waals surface area contributed by atoms with E-state index in [2.05, 4.69) is 84.9 Å². The van der Waals surface area contributed by atoms with Gasteiger partial charge in [-0.05, 0) is 72.6 Å². The largest absolute Gasteiger partial charge is 0.507 e. The van der Waals surface area contributed by atoms with E-state index in [0.717, 1.165) is 75.3 Å². The molecule has 0 saturated carbocycles. The smallest absolute Gasteiger partial charge is 0.148 e. The molecule has 0 fully saturated rings. The van der Waals surface area contributed by atoms with Gasteiger partial charge in [0.25, 0.3) is 0 Å². The van der Waals surface area contributed by atoms with Crippen molar-refractivity contribution in [3.05, 3.63) is 120 Å². The Morgan fingerprint density at radius 1 is 0.791 bits per heavy atom. The van der Waals surface area contributed by atoms with Crippen molar-refractivity contribution >= 4 is 11.0 Å². The molecule has 5 heteroatoms. The van der Waals surface area contributed by atoms with Crippen molar-refractivity contribution in [1.29, 1.82) is 0 Å². The van der Waals surface area contributed by atoms with Crippen molar-refractivity contribution in [3.8, 4) is 45.2 Å². The molecule has 2 aromatic heterocycles. The number of aryl methyl sites for hydroxylation is 1. The molecule has 0 unspecified atom stereocenters. The van der Waals surface area contributed by atoms with Crippen LogP contribution >= 0.6 is 0 Å². The Balaban J connectivity index is 0.00000329. The van der Waals surface area contributed by atoms with E-state index in [0.29, 0.717) is 5.75 Å². The van der Waals surface area contributed by atoms with Gasteiger partial charge in [-0.1, -0.05) is 80.4 Å². The van der Waals surface area contributed by atoms with Crippen molar-refractivity contribution in [2.24, 2.45) is 0 Å². The SMILES string of the molecule is CC(C)(C)c1cc(-c2ccccn2)[c-]c(-c2cccc3c2nc(-c2ccc4c(c2O)CCCC4)n3-c2ccccc2)c1.[Pt]. The first-order valence-corrected chi connectivity index (χ1v) is 14.8. The van der Waals surface area contributed by atoms with Crippen LogP contribution in [0.2, 0.25) is 0 Å². The van der Waals surface area contributed by atoms with E-state index in [1.54, 1.807) is 0 Å². The molecule has 0 atom stereocenters. The summed E-state index contributed by atoms with van der Waals surface area (Å²) in [6.45, 7) is 6.70. The van der Waals surface area contributed by atoms with Crippen LogP contribution in [-0.4, -0.2) is 19.6 Å². The zero-order valence-electron chi connectivity index (χ0n) is 24.7. The Labute approximate surface area is 267 Å². The number of imidazole rings is 1. The van der Waals surface area contributed by atoms with E-state index >= 15 is 0 Å². The Morgan fingerprint density at radius 3 is 2.33 bits per heavy atom. The van der Waals surface area contributed by atoms with Crippen LogP contribution in [0.4, 0.5) is 0 Å². The minimum absolute atomic E-state index is 0. The van der Waals surface area contributed by atoms with Crippen molar-refractivity contribution in [2.75, 3.05) is 0 Å². The van der Waals surface area contributed by atoms with Gasteiger partial charge in [0.2, 0.25) is 0 Å². The Bertz CT molecular complexity index is 1920. The van der Waals surface area contributed by atoms with Crippen LogP contribution < -0.4 is 0 Å². The van der Waals surface area contributed by atoms with Gasteiger partial charge in [0, 0.05) is 38.6 Å². The number of rotatable bonds is 4. The summed E-state index contributed by atoms with van der Waals surface area (Å²) in [4.78, 5) is 9.94. The fourth-order valence-corrected chi connectivity index (χ4v) is 6.13. The van der Waals surface area contributed by atoms with E-state index in [4.69, 9.17) is 4.98 Å². The van der Waals surface area contributed by atoms with Gasteiger partial charge in [0.1, 0.15) is 11.6 Å². The average molecular weight is 744 g/mol. The number of aromatic nitrogens is 3. The molecule has 0 spiro atoms. The van der Waals surface area contributed by atoms with E-state index < -0.39 is 0 Å². The van der Waals surface area contributed by atoms with Gasteiger partial charge in [0.15, 0.2) is 0 Å². The molecular formula is C38H34N3OPt-. The summed E-state index contributed by atoms with van der Waals surface area (Å²) >= 11 is 0. The normalized spacial score (nSPS) is 13.0. The standard InChI is InChI=1S/C38H34N3O.Pt/c1-38(2,3)28-23-26(22-27(24-28)33-17-9-10-21-39-33)30-16-11-18-34-35(30)40-37(41(34)29-13-5-4-6-14-29)32-20-19-25-12-7-8-15-31(25)36(32)42;/h4-6,9-11,13-14,16-21,23-24,42H,7-8,12,15H2,1-3H3;/q-1;. The molecular weight excluding hydrogens is 710 g/mol. The number of hydrogen-bond acceptors (Lipinski definition) is 3. The summed E-state index contributed by atoms with van der Waals surface area (Å²) < 4.78 is 2.18. The van der Waals surface area contributed by atoms with Crippen LogP contribution in [0.5, 0.6) is 5.75 Å². The van der Waals surface area contributed by atoms with E-state index in [1.165, 1.54) is 17.5 Å². The third-order valence-corrected chi connectivity index (χ3v) is 8.41. The van der Waals surface area contributed by atoms with Crippen LogP contribution in [0.15, 0.2) is 97.2 Å². The van der Waals surface area contributed by atoms with E-state index in [9.17, 15) is 5.11 Å². The fraction of sp³-hybridized carbons (Fsp3) is 0.211. The summed E-state index contributed by atoms with van der Waals surface area (Å²) in [7, 11) is 0. The molecule has 6 aromatic rings. The van der Waals surface area contributed by atoms with Gasteiger partial charge in [-0.3, -0.25) is 9.55 Å². The Kier molecular flexibility index (Phi) is 7.83. The maximum Gasteiger partial charge on any atom is 0.148 e. The minimum Gasteiger partial charge on any atom is -0.507 e.